The first-order valence-electron chi connectivity index (χ1n) is 9.97. The summed E-state index contributed by atoms with van der Waals surface area (Å²) in [6.45, 7) is 1.51. The zero-order valence-electron chi connectivity index (χ0n) is 17.3. The number of rotatable bonds is 5. The summed E-state index contributed by atoms with van der Waals surface area (Å²) >= 11 is 0. The van der Waals surface area contributed by atoms with Gasteiger partial charge in [-0.05, 0) is 47.9 Å². The van der Waals surface area contributed by atoms with Crippen LogP contribution in [0.4, 0.5) is 5.69 Å². The van der Waals surface area contributed by atoms with E-state index in [1.54, 1.807) is 42.5 Å². The average molecular weight is 421 g/mol. The minimum Gasteiger partial charge on any atom is -0.494 e. The van der Waals surface area contributed by atoms with Crippen molar-refractivity contribution in [1.82, 2.24) is 4.98 Å². The summed E-state index contributed by atoms with van der Waals surface area (Å²) in [5.41, 5.74) is 3.56. The van der Waals surface area contributed by atoms with Gasteiger partial charge in [0.2, 0.25) is 5.88 Å². The summed E-state index contributed by atoms with van der Waals surface area (Å²) in [5.74, 6) is -0.347. The second-order valence-electron chi connectivity index (χ2n) is 7.34. The predicted octanol–water partition coefficient (Wildman–Crippen LogP) is 4.92. The maximum atomic E-state index is 12.4. The average Bonchev–Trinajstić information content (AvgIpc) is 2.80. The molecule has 0 radical (unpaired) electrons. The van der Waals surface area contributed by atoms with Crippen LogP contribution in [0.15, 0.2) is 76.5 Å². The lowest BCUT2D eigenvalue weighted by Crippen LogP contribution is -2.08. The topological polar surface area (TPSA) is 106 Å². The van der Waals surface area contributed by atoms with Gasteiger partial charge in [0.05, 0.1) is 23.7 Å². The molecular formula is C26H19N3O3. The van der Waals surface area contributed by atoms with Crippen LogP contribution in [0, 0.1) is 11.3 Å². The number of nitriles is 1. The van der Waals surface area contributed by atoms with Gasteiger partial charge in [0.1, 0.15) is 0 Å². The molecule has 4 aromatic rings. The van der Waals surface area contributed by atoms with Crippen molar-refractivity contribution in [2.75, 3.05) is 0 Å². The van der Waals surface area contributed by atoms with Gasteiger partial charge in [0.15, 0.2) is 5.78 Å². The number of pyridine rings is 1. The molecule has 0 unspecified atom stereocenters. The molecule has 0 spiro atoms. The predicted molar refractivity (Wildman–Crippen MR) is 125 cm³/mol. The molecule has 6 nitrogen and oxygen atoms in total. The number of Topliss-reactive ketones (excluding diaryl/α,β-unsaturated/α-hetero) is 1. The summed E-state index contributed by atoms with van der Waals surface area (Å²) in [6.07, 6.45) is 1.81. The van der Waals surface area contributed by atoms with E-state index in [4.69, 9.17) is 5.26 Å². The molecule has 0 aliphatic heterocycles. The van der Waals surface area contributed by atoms with Gasteiger partial charge in [-0.25, -0.2) is 0 Å². The van der Waals surface area contributed by atoms with Gasteiger partial charge in [0.25, 0.3) is 5.56 Å². The lowest BCUT2D eigenvalue weighted by atomic mass is 9.95. The summed E-state index contributed by atoms with van der Waals surface area (Å²) in [6, 6.07) is 21.8. The van der Waals surface area contributed by atoms with Crippen LogP contribution in [0.2, 0.25) is 0 Å². The number of hydrogen-bond acceptors (Lipinski definition) is 5. The van der Waals surface area contributed by atoms with E-state index in [0.717, 1.165) is 16.7 Å². The van der Waals surface area contributed by atoms with Gasteiger partial charge in [-0.1, -0.05) is 42.5 Å². The fraction of sp³-hybridized carbons (Fsp3) is 0.0769. The van der Waals surface area contributed by atoms with Gasteiger partial charge >= 0.3 is 0 Å². The molecule has 0 fully saturated rings. The van der Waals surface area contributed by atoms with Crippen LogP contribution < -0.4 is 5.56 Å². The van der Waals surface area contributed by atoms with Crippen molar-refractivity contribution in [2.24, 2.45) is 4.99 Å². The summed E-state index contributed by atoms with van der Waals surface area (Å²) in [5, 5.41) is 20.2. The van der Waals surface area contributed by atoms with Crippen molar-refractivity contribution >= 4 is 28.5 Å². The van der Waals surface area contributed by atoms with Gasteiger partial charge < -0.3 is 5.11 Å². The molecule has 0 aliphatic carbocycles. The summed E-state index contributed by atoms with van der Waals surface area (Å²) < 4.78 is 0. The van der Waals surface area contributed by atoms with Crippen molar-refractivity contribution in [3.63, 3.8) is 0 Å². The minimum atomic E-state index is -0.415. The van der Waals surface area contributed by atoms with Gasteiger partial charge in [-0.2, -0.15) is 5.26 Å². The Morgan fingerprint density at radius 1 is 1.09 bits per heavy atom. The first-order chi connectivity index (χ1) is 15.5. The van der Waals surface area contributed by atoms with E-state index in [0.29, 0.717) is 34.0 Å². The Hall–Kier alpha value is -4.50. The second-order valence-corrected chi connectivity index (χ2v) is 7.34. The van der Waals surface area contributed by atoms with Crippen molar-refractivity contribution in [1.29, 1.82) is 5.26 Å². The number of carbonyl (C=O) groups excluding carboxylic acids is 1. The number of aromatic hydroxyl groups is 1. The standard InChI is InChI=1S/C26H19N3O3/c1-16(30)20-4-2-3-5-21(20)18-8-11-22-23(14-18)24(26(32)29-25(22)31)15-28-19-9-6-17(7-10-19)12-13-27/h2-11,14-15H,12H2,1H3,(H2,29,31,32). The number of fused-ring (bicyclic) bond motifs is 1. The monoisotopic (exact) mass is 421 g/mol. The number of ketones is 1. The number of aliphatic imine (C=N–C) groups is 1. The van der Waals surface area contributed by atoms with E-state index in [1.165, 1.54) is 13.1 Å². The molecule has 0 atom stereocenters. The van der Waals surface area contributed by atoms with Crippen LogP contribution >= 0.6 is 0 Å². The first kappa shape index (κ1) is 20.8. The highest BCUT2D eigenvalue weighted by molar-refractivity contribution is 6.05. The number of nitrogens with zero attached hydrogens (tertiary/aromatic N) is 2. The maximum absolute atomic E-state index is 12.4. The highest BCUT2D eigenvalue weighted by Gasteiger charge is 2.13. The fourth-order valence-electron chi connectivity index (χ4n) is 3.61. The van der Waals surface area contributed by atoms with Crippen LogP contribution in [-0.2, 0) is 6.42 Å². The number of benzene rings is 3. The molecule has 4 rings (SSSR count). The molecule has 0 saturated heterocycles. The van der Waals surface area contributed by atoms with E-state index >= 15 is 0 Å². The number of H-pyrrole nitrogens is 1. The molecule has 0 amide bonds. The second kappa shape index (κ2) is 8.70. The van der Waals surface area contributed by atoms with Crippen LogP contribution in [0.5, 0.6) is 5.88 Å². The Morgan fingerprint density at radius 3 is 2.56 bits per heavy atom. The van der Waals surface area contributed by atoms with Crippen molar-refractivity contribution in [3.05, 3.63) is 93.8 Å². The summed E-state index contributed by atoms with van der Waals surface area (Å²) in [7, 11) is 0. The van der Waals surface area contributed by atoms with Crippen LogP contribution in [0.1, 0.15) is 28.4 Å². The molecule has 32 heavy (non-hydrogen) atoms. The third-order valence-electron chi connectivity index (χ3n) is 5.22. The minimum absolute atomic E-state index is 0.0592. The van der Waals surface area contributed by atoms with E-state index in [-0.39, 0.29) is 11.7 Å². The SMILES string of the molecule is CC(=O)c1ccccc1-c1ccc2c(=O)[nH]c(O)c(C=Nc3ccc(CC#N)cc3)c2c1. The molecule has 0 aliphatic rings. The largest absolute Gasteiger partial charge is 0.494 e. The summed E-state index contributed by atoms with van der Waals surface area (Å²) in [4.78, 5) is 31.3. The Morgan fingerprint density at radius 2 is 1.84 bits per heavy atom. The lowest BCUT2D eigenvalue weighted by Gasteiger charge is -2.10. The van der Waals surface area contributed by atoms with E-state index in [1.807, 2.05) is 24.3 Å². The fourth-order valence-corrected chi connectivity index (χ4v) is 3.61. The van der Waals surface area contributed by atoms with Gasteiger partial charge in [0, 0.05) is 22.6 Å². The maximum Gasteiger partial charge on any atom is 0.258 e. The van der Waals surface area contributed by atoms with Crippen LogP contribution in [0.3, 0.4) is 0 Å². The van der Waals surface area contributed by atoms with Crippen molar-refractivity contribution in [3.8, 4) is 23.1 Å². The normalized spacial score (nSPS) is 11.0. The Kier molecular flexibility index (Phi) is 5.65. The Bertz CT molecular complexity index is 1460. The number of nitrogens with one attached hydrogen (secondary N) is 1. The van der Waals surface area contributed by atoms with Crippen LogP contribution in [0.25, 0.3) is 21.9 Å². The molecular weight excluding hydrogens is 402 g/mol. The molecule has 6 heteroatoms. The Balaban J connectivity index is 1.84. The third kappa shape index (κ3) is 4.05. The van der Waals surface area contributed by atoms with Gasteiger partial charge in [-0.15, -0.1) is 0 Å². The third-order valence-corrected chi connectivity index (χ3v) is 5.22. The van der Waals surface area contributed by atoms with Crippen LogP contribution in [-0.4, -0.2) is 22.1 Å². The number of hydrogen-bond donors (Lipinski definition) is 2. The van der Waals surface area contributed by atoms with Gasteiger partial charge in [-0.3, -0.25) is 19.6 Å². The Labute approximate surface area is 184 Å². The smallest absolute Gasteiger partial charge is 0.258 e. The van der Waals surface area contributed by atoms with Crippen molar-refractivity contribution in [2.45, 2.75) is 13.3 Å². The van der Waals surface area contributed by atoms with E-state index < -0.39 is 5.56 Å². The number of carbonyl (C=O) groups is 1. The molecule has 0 bridgehead atoms. The molecule has 156 valence electrons. The zero-order chi connectivity index (χ0) is 22.7. The quantitative estimate of drug-likeness (QED) is 0.352. The highest BCUT2D eigenvalue weighted by Crippen LogP contribution is 2.30. The molecule has 0 saturated carbocycles. The highest BCUT2D eigenvalue weighted by atomic mass is 16.3. The number of aromatic nitrogens is 1. The molecule has 2 N–H and O–H groups in total. The van der Waals surface area contributed by atoms with E-state index in [2.05, 4.69) is 16.0 Å². The van der Waals surface area contributed by atoms with Crippen molar-refractivity contribution < 1.29 is 9.90 Å². The molecule has 1 aromatic heterocycles. The zero-order valence-corrected chi connectivity index (χ0v) is 17.3. The lowest BCUT2D eigenvalue weighted by molar-refractivity contribution is 0.101. The van der Waals surface area contributed by atoms with E-state index in [9.17, 15) is 14.7 Å². The number of aromatic amines is 1. The molecule has 1 heterocycles. The first-order valence-corrected chi connectivity index (χ1v) is 9.97. The molecule has 3 aromatic carbocycles.